The minimum absolute atomic E-state index is 0.130. The number of nitrogens with one attached hydrogen (secondary N) is 1. The maximum absolute atomic E-state index is 11.8. The predicted molar refractivity (Wildman–Crippen MR) is 93.3 cm³/mol. The van der Waals surface area contributed by atoms with Crippen molar-refractivity contribution >= 4 is 21.9 Å². The normalized spacial score (nSPS) is 11.1. The van der Waals surface area contributed by atoms with Gasteiger partial charge in [-0.25, -0.2) is 13.1 Å². The minimum atomic E-state index is -3.74. The third-order valence-corrected chi connectivity index (χ3v) is 4.62. The number of anilines is 1. The van der Waals surface area contributed by atoms with Crippen molar-refractivity contribution in [2.24, 2.45) is 0 Å². The summed E-state index contributed by atoms with van der Waals surface area (Å²) >= 11 is 0. The van der Waals surface area contributed by atoms with E-state index in [1.807, 2.05) is 0 Å². The number of carbonyl (C=O) groups is 1. The summed E-state index contributed by atoms with van der Waals surface area (Å²) in [4.78, 5) is 11.3. The molecule has 2 aromatic rings. The van der Waals surface area contributed by atoms with E-state index in [-0.39, 0.29) is 11.5 Å². The van der Waals surface area contributed by atoms with E-state index in [2.05, 4.69) is 4.72 Å². The summed E-state index contributed by atoms with van der Waals surface area (Å²) in [5.41, 5.74) is 0.307. The van der Waals surface area contributed by atoms with Gasteiger partial charge < -0.3 is 23.7 Å². The average molecular weight is 385 g/mol. The Labute approximate surface area is 150 Å². The number of esters is 1. The topological polar surface area (TPSA) is 124 Å². The number of aromatic hydroxyl groups is 1. The highest BCUT2D eigenvalue weighted by Gasteiger charge is 2.28. The van der Waals surface area contributed by atoms with Crippen molar-refractivity contribution < 1.29 is 36.9 Å². The fourth-order valence-electron chi connectivity index (χ4n) is 2.10. The first-order valence-electron chi connectivity index (χ1n) is 7.49. The molecule has 0 aliphatic rings. The van der Waals surface area contributed by atoms with E-state index in [9.17, 15) is 18.3 Å². The lowest BCUT2D eigenvalue weighted by atomic mass is 10.1. The molecule has 142 valence electrons. The van der Waals surface area contributed by atoms with Gasteiger partial charge in [-0.15, -0.1) is 0 Å². The summed E-state index contributed by atoms with van der Waals surface area (Å²) in [5, 5.41) is 10.4. The largest absolute Gasteiger partial charge is 0.502 e. The molecule has 0 saturated carbocycles. The molecule has 1 aromatic heterocycles. The monoisotopic (exact) mass is 385 g/mol. The fourth-order valence-corrected chi connectivity index (χ4v) is 2.66. The van der Waals surface area contributed by atoms with Crippen LogP contribution in [0.5, 0.6) is 23.0 Å². The highest BCUT2D eigenvalue weighted by molar-refractivity contribution is 7.92. The Morgan fingerprint density at radius 3 is 2.50 bits per heavy atom. The van der Waals surface area contributed by atoms with Gasteiger partial charge >= 0.3 is 5.97 Å². The lowest BCUT2D eigenvalue weighted by molar-refractivity contribution is -0.131. The van der Waals surface area contributed by atoms with E-state index in [1.165, 1.54) is 21.1 Å². The summed E-state index contributed by atoms with van der Waals surface area (Å²) in [6, 6.07) is 4.70. The van der Waals surface area contributed by atoms with Crippen LogP contribution in [0.1, 0.15) is 13.8 Å². The maximum atomic E-state index is 11.8. The summed E-state index contributed by atoms with van der Waals surface area (Å²) in [5.74, 6) is -1.71. The third kappa shape index (κ3) is 4.02. The maximum Gasteiger partial charge on any atom is 0.308 e. The van der Waals surface area contributed by atoms with Crippen LogP contribution < -0.4 is 18.9 Å². The van der Waals surface area contributed by atoms with E-state index in [4.69, 9.17) is 18.6 Å². The van der Waals surface area contributed by atoms with Crippen molar-refractivity contribution in [2.45, 2.75) is 13.8 Å². The van der Waals surface area contributed by atoms with Gasteiger partial charge in [0.15, 0.2) is 5.76 Å². The lowest BCUT2D eigenvalue weighted by Gasteiger charge is -2.08. The van der Waals surface area contributed by atoms with Gasteiger partial charge in [0, 0.05) is 13.0 Å². The predicted octanol–water partition coefficient (Wildman–Crippen LogP) is 2.36. The Morgan fingerprint density at radius 1 is 1.27 bits per heavy atom. The number of benzene rings is 1. The van der Waals surface area contributed by atoms with Gasteiger partial charge in [0.05, 0.1) is 25.5 Å². The zero-order chi connectivity index (χ0) is 19.5. The smallest absolute Gasteiger partial charge is 0.308 e. The molecule has 0 atom stereocenters. The highest BCUT2D eigenvalue weighted by atomic mass is 32.2. The van der Waals surface area contributed by atoms with E-state index in [0.717, 1.165) is 6.92 Å². The van der Waals surface area contributed by atoms with E-state index >= 15 is 0 Å². The van der Waals surface area contributed by atoms with Gasteiger partial charge in [0.1, 0.15) is 11.5 Å². The Balaban J connectivity index is 2.63. The SMILES string of the molecule is CCS(=O)(=O)Nc1oc(-c2ccc(OC)cc2OC)c(O)c1OC(C)=O. The Morgan fingerprint density at radius 2 is 1.96 bits per heavy atom. The van der Waals surface area contributed by atoms with Crippen molar-refractivity contribution in [3.8, 4) is 34.3 Å². The number of rotatable bonds is 7. The molecule has 0 aliphatic heterocycles. The van der Waals surface area contributed by atoms with Crippen LogP contribution in [-0.4, -0.2) is 39.5 Å². The number of methoxy groups -OCH3 is 2. The van der Waals surface area contributed by atoms with Gasteiger partial charge in [0.2, 0.25) is 21.5 Å². The zero-order valence-corrected chi connectivity index (χ0v) is 15.5. The number of hydrogen-bond donors (Lipinski definition) is 2. The first kappa shape index (κ1) is 19.4. The highest BCUT2D eigenvalue weighted by Crippen LogP contribution is 2.49. The molecule has 9 nitrogen and oxygen atoms in total. The number of hydrogen-bond acceptors (Lipinski definition) is 8. The summed E-state index contributed by atoms with van der Waals surface area (Å²) < 4.78 is 46.5. The lowest BCUT2D eigenvalue weighted by Crippen LogP contribution is -2.15. The molecule has 2 N–H and O–H groups in total. The minimum Gasteiger partial charge on any atom is -0.502 e. The Hall–Kier alpha value is -2.88. The van der Waals surface area contributed by atoms with Crippen molar-refractivity contribution in [3.63, 3.8) is 0 Å². The molecule has 1 heterocycles. The van der Waals surface area contributed by atoms with E-state index in [1.54, 1.807) is 18.2 Å². The van der Waals surface area contributed by atoms with Crippen molar-refractivity contribution in [2.75, 3.05) is 24.7 Å². The van der Waals surface area contributed by atoms with Crippen LogP contribution in [0, 0.1) is 0 Å². The Kier molecular flexibility index (Phi) is 5.66. The second kappa shape index (κ2) is 7.56. The van der Waals surface area contributed by atoms with Gasteiger partial charge in [-0.2, -0.15) is 0 Å². The molecule has 0 aliphatic carbocycles. The van der Waals surface area contributed by atoms with Crippen LogP contribution in [0.3, 0.4) is 0 Å². The molecule has 10 heteroatoms. The Bertz CT molecular complexity index is 917. The molecular formula is C16H19NO8S. The molecule has 0 unspecified atom stereocenters. The molecule has 0 amide bonds. The second-order valence-electron chi connectivity index (χ2n) is 5.10. The fraction of sp³-hybridized carbons (Fsp3) is 0.312. The van der Waals surface area contributed by atoms with Gasteiger partial charge in [-0.05, 0) is 19.1 Å². The molecule has 0 bridgehead atoms. The molecule has 0 spiro atoms. The van der Waals surface area contributed by atoms with Crippen molar-refractivity contribution in [1.82, 2.24) is 0 Å². The first-order chi connectivity index (χ1) is 12.2. The van der Waals surface area contributed by atoms with Gasteiger partial charge in [0.25, 0.3) is 5.88 Å². The standard InChI is InChI=1S/C16H19NO8S/c1-5-26(20,21)17-16-15(24-9(2)18)13(19)14(25-16)11-7-6-10(22-3)8-12(11)23-4/h6-8,17,19H,5H2,1-4H3. The summed E-state index contributed by atoms with van der Waals surface area (Å²) in [7, 11) is -0.850. The quantitative estimate of drug-likeness (QED) is 0.696. The second-order valence-corrected chi connectivity index (χ2v) is 7.11. The first-order valence-corrected chi connectivity index (χ1v) is 9.14. The third-order valence-electron chi connectivity index (χ3n) is 3.37. The van der Waals surface area contributed by atoms with Crippen LogP contribution in [0.15, 0.2) is 22.6 Å². The number of furan rings is 1. The van der Waals surface area contributed by atoms with Gasteiger partial charge in [-0.3, -0.25) is 4.79 Å². The number of ether oxygens (including phenoxy) is 3. The molecule has 0 saturated heterocycles. The van der Waals surface area contributed by atoms with E-state index in [0.29, 0.717) is 17.1 Å². The van der Waals surface area contributed by atoms with Crippen LogP contribution >= 0.6 is 0 Å². The molecule has 1 aromatic carbocycles. The van der Waals surface area contributed by atoms with Crippen molar-refractivity contribution in [1.29, 1.82) is 0 Å². The van der Waals surface area contributed by atoms with Crippen LogP contribution in [-0.2, 0) is 14.8 Å². The molecule has 0 radical (unpaired) electrons. The van der Waals surface area contributed by atoms with Crippen LogP contribution in [0.2, 0.25) is 0 Å². The number of sulfonamides is 1. The molecule has 26 heavy (non-hydrogen) atoms. The average Bonchev–Trinajstić information content (AvgIpc) is 2.89. The van der Waals surface area contributed by atoms with Gasteiger partial charge in [-0.1, -0.05) is 0 Å². The van der Waals surface area contributed by atoms with E-state index < -0.39 is 33.4 Å². The number of carbonyl (C=O) groups excluding carboxylic acids is 1. The summed E-state index contributed by atoms with van der Waals surface area (Å²) in [6.07, 6.45) is 0. The van der Waals surface area contributed by atoms with Crippen LogP contribution in [0.25, 0.3) is 11.3 Å². The van der Waals surface area contributed by atoms with Crippen LogP contribution in [0.4, 0.5) is 5.88 Å². The van der Waals surface area contributed by atoms with Crippen molar-refractivity contribution in [3.05, 3.63) is 18.2 Å². The molecule has 0 fully saturated rings. The summed E-state index contributed by atoms with van der Waals surface area (Å²) in [6.45, 7) is 2.53. The molecule has 2 rings (SSSR count). The zero-order valence-electron chi connectivity index (χ0n) is 14.7. The molecular weight excluding hydrogens is 366 g/mol.